The Labute approximate surface area is 156 Å². The van der Waals surface area contributed by atoms with Crippen LogP contribution in [0.5, 0.6) is 0 Å². The van der Waals surface area contributed by atoms with Crippen molar-refractivity contribution in [3.63, 3.8) is 0 Å². The molecule has 0 unspecified atom stereocenters. The number of aliphatic carboxylic acids is 2. The van der Waals surface area contributed by atoms with Gasteiger partial charge in [0.05, 0.1) is 5.56 Å². The maximum Gasteiger partial charge on any atom is 0.335 e. The van der Waals surface area contributed by atoms with Crippen LogP contribution in [0.15, 0.2) is 61.2 Å². The largest absolute Gasteiger partial charge is 0.480 e. The lowest BCUT2D eigenvalue weighted by Gasteiger charge is -2.24. The monoisotopic (exact) mass is 368 g/mol. The fourth-order valence-electron chi connectivity index (χ4n) is 2.93. The molecule has 0 saturated carbocycles. The van der Waals surface area contributed by atoms with E-state index in [4.69, 9.17) is 5.11 Å². The van der Waals surface area contributed by atoms with Crippen LogP contribution in [-0.2, 0) is 16.0 Å². The first-order chi connectivity index (χ1) is 12.8. The molecule has 0 radical (unpaired) electrons. The zero-order valence-corrected chi connectivity index (χ0v) is 14.6. The normalized spacial score (nSPS) is 11.0. The van der Waals surface area contributed by atoms with Crippen molar-refractivity contribution in [1.82, 2.24) is 0 Å². The Morgan fingerprint density at radius 3 is 2.07 bits per heavy atom. The zero-order valence-electron chi connectivity index (χ0n) is 14.6. The second-order valence-electron chi connectivity index (χ2n) is 6.28. The van der Waals surface area contributed by atoms with Gasteiger partial charge in [0.1, 0.15) is 0 Å². The minimum absolute atomic E-state index is 0.0695. The van der Waals surface area contributed by atoms with Gasteiger partial charge in [0.25, 0.3) is 0 Å². The summed E-state index contributed by atoms with van der Waals surface area (Å²) in [5, 5.41) is 28.3. The second-order valence-corrected chi connectivity index (χ2v) is 6.28. The van der Waals surface area contributed by atoms with Crippen LogP contribution < -0.4 is 0 Å². The van der Waals surface area contributed by atoms with E-state index >= 15 is 0 Å². The van der Waals surface area contributed by atoms with Crippen LogP contribution in [0.1, 0.15) is 28.8 Å². The Morgan fingerprint density at radius 2 is 1.52 bits per heavy atom. The molecule has 2 aromatic carbocycles. The third-order valence-corrected chi connectivity index (χ3v) is 4.47. The highest BCUT2D eigenvalue weighted by molar-refractivity contribution is 5.98. The first-order valence-electron chi connectivity index (χ1n) is 8.30. The highest BCUT2D eigenvalue weighted by Gasteiger charge is 2.45. The van der Waals surface area contributed by atoms with Crippen LogP contribution in [-0.4, -0.2) is 33.2 Å². The maximum atomic E-state index is 11.8. The molecule has 6 nitrogen and oxygen atoms in total. The molecule has 0 bridgehead atoms. The Kier molecular flexibility index (Phi) is 6.13. The summed E-state index contributed by atoms with van der Waals surface area (Å²) in [4.78, 5) is 34.7. The van der Waals surface area contributed by atoms with Crippen LogP contribution in [0.25, 0.3) is 11.1 Å². The molecule has 140 valence electrons. The first kappa shape index (κ1) is 19.9. The van der Waals surface area contributed by atoms with Crippen LogP contribution in [0, 0.1) is 5.41 Å². The first-order valence-corrected chi connectivity index (χ1v) is 8.30. The van der Waals surface area contributed by atoms with E-state index < -0.39 is 23.3 Å². The molecule has 2 aromatic rings. The van der Waals surface area contributed by atoms with Crippen molar-refractivity contribution in [2.45, 2.75) is 19.3 Å². The molecule has 0 aliphatic heterocycles. The van der Waals surface area contributed by atoms with E-state index in [0.717, 1.165) is 0 Å². The second kappa shape index (κ2) is 8.31. The third-order valence-electron chi connectivity index (χ3n) is 4.47. The van der Waals surface area contributed by atoms with Crippen molar-refractivity contribution < 1.29 is 29.7 Å². The number of allylic oxidation sites excluding steroid dienone is 1. The topological polar surface area (TPSA) is 112 Å². The van der Waals surface area contributed by atoms with Crippen molar-refractivity contribution in [3.8, 4) is 11.1 Å². The van der Waals surface area contributed by atoms with Crippen molar-refractivity contribution in [2.24, 2.45) is 5.41 Å². The molecule has 3 N–H and O–H groups in total. The fraction of sp³-hybridized carbons (Fsp3) is 0.190. The molecule has 0 atom stereocenters. The van der Waals surface area contributed by atoms with Gasteiger partial charge >= 0.3 is 17.9 Å². The van der Waals surface area contributed by atoms with Gasteiger partial charge in [-0.2, -0.15) is 0 Å². The number of aromatic carboxylic acids is 1. The number of carbonyl (C=O) groups is 3. The summed E-state index contributed by atoms with van der Waals surface area (Å²) >= 11 is 0. The van der Waals surface area contributed by atoms with E-state index in [1.807, 2.05) is 0 Å². The number of benzene rings is 2. The lowest BCUT2D eigenvalue weighted by molar-refractivity contribution is -0.165. The van der Waals surface area contributed by atoms with Crippen LogP contribution in [0.4, 0.5) is 0 Å². The van der Waals surface area contributed by atoms with Gasteiger partial charge in [-0.15, -0.1) is 6.58 Å². The summed E-state index contributed by atoms with van der Waals surface area (Å²) in [5.74, 6) is -3.83. The zero-order chi connectivity index (χ0) is 20.0. The molecule has 0 fully saturated rings. The molecule has 0 spiro atoms. The van der Waals surface area contributed by atoms with E-state index in [0.29, 0.717) is 16.7 Å². The van der Waals surface area contributed by atoms with E-state index in [9.17, 15) is 24.6 Å². The average Bonchev–Trinajstić information content (AvgIpc) is 2.65. The van der Waals surface area contributed by atoms with Gasteiger partial charge < -0.3 is 15.3 Å². The maximum absolute atomic E-state index is 11.8. The molecule has 0 aliphatic rings. The van der Waals surface area contributed by atoms with E-state index in [-0.39, 0.29) is 24.8 Å². The SMILES string of the molecule is C=CCCC(Cc1cccc(-c2cccc(C(=O)O)c2)c1)(C(=O)O)C(=O)O. The Bertz CT molecular complexity index is 870. The Balaban J connectivity index is 2.42. The number of hydrogen-bond donors (Lipinski definition) is 3. The van der Waals surface area contributed by atoms with Gasteiger partial charge in [-0.05, 0) is 48.1 Å². The van der Waals surface area contributed by atoms with Gasteiger partial charge in [0.2, 0.25) is 0 Å². The molecule has 0 amide bonds. The Hall–Kier alpha value is -3.41. The average molecular weight is 368 g/mol. The molecule has 0 saturated heterocycles. The molecular formula is C21H20O6. The molecule has 6 heteroatoms. The van der Waals surface area contributed by atoms with Gasteiger partial charge in [-0.1, -0.05) is 42.5 Å². The number of carboxylic acids is 3. The molecule has 0 aliphatic carbocycles. The summed E-state index contributed by atoms with van der Waals surface area (Å²) in [6.45, 7) is 3.53. The number of rotatable bonds is 9. The smallest absolute Gasteiger partial charge is 0.335 e. The van der Waals surface area contributed by atoms with E-state index in [2.05, 4.69) is 6.58 Å². The summed E-state index contributed by atoms with van der Waals surface area (Å²) in [7, 11) is 0. The van der Waals surface area contributed by atoms with Gasteiger partial charge in [-0.25, -0.2) is 4.79 Å². The number of carboxylic acid groups (broad SMARTS) is 3. The summed E-state index contributed by atoms with van der Waals surface area (Å²) < 4.78 is 0. The predicted octanol–water partition coefficient (Wildman–Crippen LogP) is 3.72. The lowest BCUT2D eigenvalue weighted by Crippen LogP contribution is -2.41. The molecular weight excluding hydrogens is 348 g/mol. The van der Waals surface area contributed by atoms with Gasteiger partial charge in [-0.3, -0.25) is 9.59 Å². The quantitative estimate of drug-likeness (QED) is 0.459. The lowest BCUT2D eigenvalue weighted by atomic mass is 9.77. The van der Waals surface area contributed by atoms with Crippen molar-refractivity contribution in [1.29, 1.82) is 0 Å². The van der Waals surface area contributed by atoms with Crippen molar-refractivity contribution in [2.75, 3.05) is 0 Å². The summed E-state index contributed by atoms with van der Waals surface area (Å²) in [6.07, 6.45) is 1.51. The van der Waals surface area contributed by atoms with Crippen LogP contribution in [0.2, 0.25) is 0 Å². The van der Waals surface area contributed by atoms with Crippen molar-refractivity contribution >= 4 is 17.9 Å². The van der Waals surface area contributed by atoms with Crippen LogP contribution in [0.3, 0.4) is 0 Å². The molecule has 2 rings (SSSR count). The minimum atomic E-state index is -1.95. The highest BCUT2D eigenvalue weighted by atomic mass is 16.4. The third kappa shape index (κ3) is 4.41. The summed E-state index contributed by atoms with van der Waals surface area (Å²) in [5.41, 5.74) is 0.0647. The van der Waals surface area contributed by atoms with Crippen LogP contribution >= 0.6 is 0 Å². The standard InChI is InChI=1S/C21H20O6/c1-2-3-10-21(19(24)25,20(26)27)13-14-6-4-7-15(11-14)16-8-5-9-17(12-16)18(22)23/h2,4-9,11-12H,1,3,10,13H2,(H,22,23)(H,24,25)(H,26,27). The number of hydrogen-bond acceptors (Lipinski definition) is 3. The fourth-order valence-corrected chi connectivity index (χ4v) is 2.93. The molecule has 27 heavy (non-hydrogen) atoms. The Morgan fingerprint density at radius 1 is 0.926 bits per heavy atom. The highest BCUT2D eigenvalue weighted by Crippen LogP contribution is 2.32. The predicted molar refractivity (Wildman–Crippen MR) is 99.7 cm³/mol. The van der Waals surface area contributed by atoms with Crippen molar-refractivity contribution in [3.05, 3.63) is 72.3 Å². The minimum Gasteiger partial charge on any atom is -0.480 e. The molecule has 0 aromatic heterocycles. The van der Waals surface area contributed by atoms with E-state index in [1.54, 1.807) is 36.4 Å². The molecule has 0 heterocycles. The van der Waals surface area contributed by atoms with Gasteiger partial charge in [0.15, 0.2) is 5.41 Å². The summed E-state index contributed by atoms with van der Waals surface area (Å²) in [6, 6.07) is 13.2. The van der Waals surface area contributed by atoms with E-state index in [1.165, 1.54) is 18.2 Å². The van der Waals surface area contributed by atoms with Gasteiger partial charge in [0, 0.05) is 0 Å².